The van der Waals surface area contributed by atoms with Crippen LogP contribution >= 0.6 is 11.8 Å². The van der Waals surface area contributed by atoms with Crippen molar-refractivity contribution in [1.82, 2.24) is 9.55 Å². The van der Waals surface area contributed by atoms with Crippen molar-refractivity contribution in [3.63, 3.8) is 0 Å². The van der Waals surface area contributed by atoms with E-state index in [0.29, 0.717) is 12.1 Å². The SMILES string of the molecule is CCC(Sc1nccn1C)C(=O)Nc1cc([N+](=O)[O-])ccc1C. The topological polar surface area (TPSA) is 90.1 Å². The fourth-order valence-corrected chi connectivity index (χ4v) is 2.92. The molecule has 2 aromatic rings. The molecule has 0 spiro atoms. The van der Waals surface area contributed by atoms with Crippen molar-refractivity contribution < 1.29 is 9.72 Å². The van der Waals surface area contributed by atoms with Gasteiger partial charge < -0.3 is 9.88 Å². The minimum Gasteiger partial charge on any atom is -0.329 e. The standard InChI is InChI=1S/C15H18N4O3S/c1-4-13(23-15-16-7-8-18(15)3)14(20)17-12-9-11(19(21)22)6-5-10(12)2/h5-9,13H,4H2,1-3H3,(H,17,20). The third-order valence-electron chi connectivity index (χ3n) is 3.38. The van der Waals surface area contributed by atoms with Crippen LogP contribution < -0.4 is 5.32 Å². The van der Waals surface area contributed by atoms with Gasteiger partial charge in [-0.15, -0.1) is 0 Å². The van der Waals surface area contributed by atoms with Crippen LogP contribution in [0.5, 0.6) is 0 Å². The third kappa shape index (κ3) is 4.10. The molecule has 0 fully saturated rings. The van der Waals surface area contributed by atoms with Crippen LogP contribution in [0.15, 0.2) is 35.7 Å². The Hall–Kier alpha value is -2.35. The Bertz CT molecular complexity index is 729. The molecule has 1 N–H and O–H groups in total. The molecule has 1 unspecified atom stereocenters. The van der Waals surface area contributed by atoms with Crippen molar-refractivity contribution >= 4 is 29.0 Å². The number of aromatic nitrogens is 2. The van der Waals surface area contributed by atoms with Crippen LogP contribution in [0.3, 0.4) is 0 Å². The minimum atomic E-state index is -0.477. The van der Waals surface area contributed by atoms with E-state index in [-0.39, 0.29) is 16.8 Å². The zero-order chi connectivity index (χ0) is 17.0. The molecule has 7 nitrogen and oxygen atoms in total. The number of nitro benzene ring substituents is 1. The molecule has 122 valence electrons. The number of amides is 1. The summed E-state index contributed by atoms with van der Waals surface area (Å²) in [5, 5.41) is 14.1. The highest BCUT2D eigenvalue weighted by atomic mass is 32.2. The second-order valence-corrected chi connectivity index (χ2v) is 6.25. The van der Waals surface area contributed by atoms with E-state index in [9.17, 15) is 14.9 Å². The van der Waals surface area contributed by atoms with E-state index >= 15 is 0 Å². The number of hydrogen-bond donors (Lipinski definition) is 1. The molecule has 0 saturated heterocycles. The fraction of sp³-hybridized carbons (Fsp3) is 0.333. The number of aryl methyl sites for hydroxylation is 2. The molecule has 0 radical (unpaired) electrons. The van der Waals surface area contributed by atoms with Gasteiger partial charge in [0.25, 0.3) is 5.69 Å². The predicted octanol–water partition coefficient (Wildman–Crippen LogP) is 3.15. The number of non-ortho nitro benzene ring substituents is 1. The number of hydrogen-bond acceptors (Lipinski definition) is 5. The maximum Gasteiger partial charge on any atom is 0.271 e. The summed E-state index contributed by atoms with van der Waals surface area (Å²) in [6.07, 6.45) is 4.12. The highest BCUT2D eigenvalue weighted by Gasteiger charge is 2.21. The van der Waals surface area contributed by atoms with Crippen LogP contribution in [-0.4, -0.2) is 25.6 Å². The molecule has 1 heterocycles. The molecule has 23 heavy (non-hydrogen) atoms. The van der Waals surface area contributed by atoms with Crippen molar-refractivity contribution in [1.29, 1.82) is 0 Å². The van der Waals surface area contributed by atoms with Gasteiger partial charge in [-0.1, -0.05) is 24.8 Å². The smallest absolute Gasteiger partial charge is 0.271 e. The van der Waals surface area contributed by atoms with Gasteiger partial charge in [-0.3, -0.25) is 14.9 Å². The van der Waals surface area contributed by atoms with Gasteiger partial charge in [0, 0.05) is 31.6 Å². The monoisotopic (exact) mass is 334 g/mol. The zero-order valence-corrected chi connectivity index (χ0v) is 14.0. The zero-order valence-electron chi connectivity index (χ0n) is 13.1. The first kappa shape index (κ1) is 17.0. The predicted molar refractivity (Wildman–Crippen MR) is 89.6 cm³/mol. The van der Waals surface area contributed by atoms with Crippen LogP contribution in [0.25, 0.3) is 0 Å². The number of anilines is 1. The molecule has 1 atom stereocenters. The molecule has 0 aliphatic carbocycles. The highest BCUT2D eigenvalue weighted by molar-refractivity contribution is 8.00. The average Bonchev–Trinajstić information content (AvgIpc) is 2.91. The highest BCUT2D eigenvalue weighted by Crippen LogP contribution is 2.27. The Morgan fingerprint density at radius 1 is 1.52 bits per heavy atom. The number of imidazole rings is 1. The number of thioether (sulfide) groups is 1. The van der Waals surface area contributed by atoms with Gasteiger partial charge in [0.1, 0.15) is 0 Å². The second-order valence-electron chi connectivity index (χ2n) is 5.08. The summed E-state index contributed by atoms with van der Waals surface area (Å²) in [5.74, 6) is -0.191. The lowest BCUT2D eigenvalue weighted by molar-refractivity contribution is -0.384. The van der Waals surface area contributed by atoms with E-state index in [1.807, 2.05) is 24.7 Å². The van der Waals surface area contributed by atoms with Gasteiger partial charge in [0.05, 0.1) is 15.9 Å². The van der Waals surface area contributed by atoms with E-state index in [1.165, 1.54) is 23.9 Å². The lowest BCUT2D eigenvalue weighted by atomic mass is 10.1. The summed E-state index contributed by atoms with van der Waals surface area (Å²) in [4.78, 5) is 27.1. The average molecular weight is 334 g/mol. The van der Waals surface area contributed by atoms with Crippen LogP contribution in [-0.2, 0) is 11.8 Å². The molecule has 0 aliphatic heterocycles. The van der Waals surface area contributed by atoms with E-state index in [1.54, 1.807) is 19.2 Å². The molecule has 2 rings (SSSR count). The summed E-state index contributed by atoms with van der Waals surface area (Å²) in [5.41, 5.74) is 1.19. The Morgan fingerprint density at radius 3 is 2.83 bits per heavy atom. The molecular formula is C15H18N4O3S. The van der Waals surface area contributed by atoms with Crippen LogP contribution in [0, 0.1) is 17.0 Å². The number of nitrogens with zero attached hydrogens (tertiary/aromatic N) is 3. The number of benzene rings is 1. The van der Waals surface area contributed by atoms with Crippen molar-refractivity contribution in [2.45, 2.75) is 30.7 Å². The van der Waals surface area contributed by atoms with Gasteiger partial charge in [0.2, 0.25) is 5.91 Å². The quantitative estimate of drug-likeness (QED) is 0.498. The third-order valence-corrected chi connectivity index (χ3v) is 4.81. The first-order chi connectivity index (χ1) is 10.9. The van der Waals surface area contributed by atoms with E-state index in [4.69, 9.17) is 0 Å². The number of rotatable bonds is 6. The lowest BCUT2D eigenvalue weighted by Gasteiger charge is -2.15. The Balaban J connectivity index is 2.15. The van der Waals surface area contributed by atoms with Crippen molar-refractivity contribution in [3.8, 4) is 0 Å². The van der Waals surface area contributed by atoms with Crippen molar-refractivity contribution in [2.75, 3.05) is 5.32 Å². The molecule has 0 aliphatic rings. The van der Waals surface area contributed by atoms with E-state index < -0.39 is 4.92 Å². The molecule has 1 aromatic carbocycles. The summed E-state index contributed by atoms with van der Waals surface area (Å²) >= 11 is 1.37. The Kier molecular flexibility index (Phi) is 5.38. The maximum absolute atomic E-state index is 12.5. The first-order valence-corrected chi connectivity index (χ1v) is 8.00. The second kappa shape index (κ2) is 7.28. The Morgan fingerprint density at radius 2 is 2.26 bits per heavy atom. The van der Waals surface area contributed by atoms with Crippen LogP contribution in [0.4, 0.5) is 11.4 Å². The number of nitrogens with one attached hydrogen (secondary N) is 1. The van der Waals surface area contributed by atoms with Crippen molar-refractivity contribution in [2.24, 2.45) is 7.05 Å². The molecule has 1 amide bonds. The summed E-state index contributed by atoms with van der Waals surface area (Å²) in [6, 6.07) is 4.43. The van der Waals surface area contributed by atoms with Gasteiger partial charge >= 0.3 is 0 Å². The fourth-order valence-electron chi connectivity index (χ4n) is 1.99. The van der Waals surface area contributed by atoms with Crippen LogP contribution in [0.2, 0.25) is 0 Å². The number of nitro groups is 1. The van der Waals surface area contributed by atoms with E-state index in [0.717, 1.165) is 10.7 Å². The molecule has 0 bridgehead atoms. The molecular weight excluding hydrogens is 316 g/mol. The van der Waals surface area contributed by atoms with Gasteiger partial charge in [-0.05, 0) is 18.9 Å². The molecule has 0 saturated carbocycles. The Labute approximate surface area is 138 Å². The van der Waals surface area contributed by atoms with Gasteiger partial charge in [-0.25, -0.2) is 4.98 Å². The number of carbonyl (C=O) groups excluding carboxylic acids is 1. The van der Waals surface area contributed by atoms with Gasteiger partial charge in [-0.2, -0.15) is 0 Å². The summed E-state index contributed by atoms with van der Waals surface area (Å²) in [6.45, 7) is 3.71. The largest absolute Gasteiger partial charge is 0.329 e. The van der Waals surface area contributed by atoms with E-state index in [2.05, 4.69) is 10.3 Å². The lowest BCUT2D eigenvalue weighted by Crippen LogP contribution is -2.25. The van der Waals surface area contributed by atoms with Crippen LogP contribution in [0.1, 0.15) is 18.9 Å². The summed E-state index contributed by atoms with van der Waals surface area (Å²) in [7, 11) is 1.87. The summed E-state index contributed by atoms with van der Waals surface area (Å²) < 4.78 is 1.85. The molecule has 8 heteroatoms. The molecule has 1 aromatic heterocycles. The van der Waals surface area contributed by atoms with Crippen molar-refractivity contribution in [3.05, 3.63) is 46.3 Å². The normalized spacial score (nSPS) is 12.0. The first-order valence-electron chi connectivity index (χ1n) is 7.12. The van der Waals surface area contributed by atoms with Gasteiger partial charge in [0.15, 0.2) is 5.16 Å². The minimum absolute atomic E-state index is 0.0456. The number of carbonyl (C=O) groups is 1. The maximum atomic E-state index is 12.5.